The van der Waals surface area contributed by atoms with Crippen LogP contribution >= 0.6 is 0 Å². The van der Waals surface area contributed by atoms with E-state index in [4.69, 9.17) is 18.9 Å². The molecule has 0 atom stereocenters. The van der Waals surface area contributed by atoms with Gasteiger partial charge < -0.3 is 18.9 Å². The number of hydrogen-bond donors (Lipinski definition) is 0. The molecule has 0 fully saturated rings. The van der Waals surface area contributed by atoms with Gasteiger partial charge >= 0.3 is 0 Å². The standard InChI is InChI=1S/C21H18N4O5/c1-27-15-5-11-13(7-17(15)29-3)22-9-24-19(11)21(26)20-12-6-16(28-2)18(30-4)8-14(12)23-10-25-20/h5-10H,1-4H3. The highest BCUT2D eigenvalue weighted by atomic mass is 16.5. The van der Waals surface area contributed by atoms with Gasteiger partial charge in [-0.2, -0.15) is 0 Å². The van der Waals surface area contributed by atoms with Crippen molar-refractivity contribution in [2.24, 2.45) is 0 Å². The third-order valence-electron chi connectivity index (χ3n) is 4.71. The normalized spacial score (nSPS) is 10.8. The summed E-state index contributed by atoms with van der Waals surface area (Å²) in [6.07, 6.45) is 2.66. The second-order valence-corrected chi connectivity index (χ2v) is 6.22. The molecule has 0 amide bonds. The van der Waals surface area contributed by atoms with Crippen LogP contribution in [0.15, 0.2) is 36.9 Å². The van der Waals surface area contributed by atoms with Gasteiger partial charge in [-0.05, 0) is 12.1 Å². The van der Waals surface area contributed by atoms with E-state index in [1.807, 2.05) is 0 Å². The van der Waals surface area contributed by atoms with Crippen LogP contribution in [-0.2, 0) is 0 Å². The number of rotatable bonds is 6. The number of aromatic nitrogens is 4. The van der Waals surface area contributed by atoms with Crippen LogP contribution in [0.1, 0.15) is 16.2 Å². The van der Waals surface area contributed by atoms with Crippen molar-refractivity contribution in [3.8, 4) is 23.0 Å². The van der Waals surface area contributed by atoms with Gasteiger partial charge in [0.15, 0.2) is 23.0 Å². The average molecular weight is 406 g/mol. The monoisotopic (exact) mass is 406 g/mol. The Morgan fingerprint density at radius 3 is 1.33 bits per heavy atom. The fourth-order valence-corrected chi connectivity index (χ4v) is 3.24. The Bertz CT molecular complexity index is 1180. The number of ether oxygens (including phenoxy) is 4. The van der Waals surface area contributed by atoms with Gasteiger partial charge in [0.2, 0.25) is 5.78 Å². The molecule has 0 saturated carbocycles. The van der Waals surface area contributed by atoms with E-state index in [9.17, 15) is 4.79 Å². The second kappa shape index (κ2) is 7.78. The predicted molar refractivity (Wildman–Crippen MR) is 109 cm³/mol. The minimum Gasteiger partial charge on any atom is -0.493 e. The Labute approximate surface area is 171 Å². The summed E-state index contributed by atoms with van der Waals surface area (Å²) < 4.78 is 21.4. The van der Waals surface area contributed by atoms with Gasteiger partial charge in [-0.15, -0.1) is 0 Å². The average Bonchev–Trinajstić information content (AvgIpc) is 2.80. The first-order valence-corrected chi connectivity index (χ1v) is 8.89. The van der Waals surface area contributed by atoms with Crippen LogP contribution in [0.25, 0.3) is 21.8 Å². The molecule has 4 rings (SSSR count). The molecule has 0 bridgehead atoms. The van der Waals surface area contributed by atoms with Gasteiger partial charge in [0.25, 0.3) is 0 Å². The molecule has 0 aliphatic heterocycles. The summed E-state index contributed by atoms with van der Waals surface area (Å²) in [7, 11) is 6.11. The quantitative estimate of drug-likeness (QED) is 0.447. The first-order chi connectivity index (χ1) is 14.6. The predicted octanol–water partition coefficient (Wildman–Crippen LogP) is 2.84. The molecule has 0 spiro atoms. The lowest BCUT2D eigenvalue weighted by molar-refractivity contribution is 0.103. The molecular weight excluding hydrogens is 388 g/mol. The fourth-order valence-electron chi connectivity index (χ4n) is 3.24. The third-order valence-corrected chi connectivity index (χ3v) is 4.71. The molecule has 0 saturated heterocycles. The summed E-state index contributed by atoms with van der Waals surface area (Å²) in [4.78, 5) is 30.4. The van der Waals surface area contributed by atoms with Crippen LogP contribution in [0, 0.1) is 0 Å². The molecule has 30 heavy (non-hydrogen) atoms. The highest BCUT2D eigenvalue weighted by Gasteiger charge is 2.22. The molecule has 9 heteroatoms. The molecule has 0 unspecified atom stereocenters. The lowest BCUT2D eigenvalue weighted by atomic mass is 10.0. The number of fused-ring (bicyclic) bond motifs is 2. The zero-order valence-electron chi connectivity index (χ0n) is 16.8. The van der Waals surface area contributed by atoms with Crippen molar-refractivity contribution in [3.05, 3.63) is 48.3 Å². The number of methoxy groups -OCH3 is 4. The van der Waals surface area contributed by atoms with E-state index >= 15 is 0 Å². The summed E-state index contributed by atoms with van der Waals surface area (Å²) in [5.41, 5.74) is 1.47. The Morgan fingerprint density at radius 1 is 0.600 bits per heavy atom. The Morgan fingerprint density at radius 2 is 0.967 bits per heavy atom. The molecule has 2 aromatic carbocycles. The number of carbonyl (C=O) groups is 1. The summed E-state index contributed by atoms with van der Waals surface area (Å²) in [6.45, 7) is 0. The lowest BCUT2D eigenvalue weighted by Crippen LogP contribution is -2.09. The van der Waals surface area contributed by atoms with Crippen LogP contribution in [0.4, 0.5) is 0 Å². The Hall–Kier alpha value is -4.01. The van der Waals surface area contributed by atoms with Crippen molar-refractivity contribution in [1.82, 2.24) is 19.9 Å². The molecule has 0 aliphatic carbocycles. The van der Waals surface area contributed by atoms with Gasteiger partial charge in [0.1, 0.15) is 24.0 Å². The van der Waals surface area contributed by atoms with E-state index in [2.05, 4.69) is 19.9 Å². The molecule has 0 aliphatic rings. The Balaban J connectivity index is 1.93. The van der Waals surface area contributed by atoms with Crippen molar-refractivity contribution in [2.45, 2.75) is 0 Å². The van der Waals surface area contributed by atoms with Crippen LogP contribution in [0.5, 0.6) is 23.0 Å². The molecule has 0 radical (unpaired) electrons. The summed E-state index contributed by atoms with van der Waals surface area (Å²) >= 11 is 0. The van der Waals surface area contributed by atoms with E-state index in [1.54, 1.807) is 24.3 Å². The van der Waals surface area contributed by atoms with E-state index in [0.717, 1.165) is 0 Å². The fraction of sp³-hybridized carbons (Fsp3) is 0.190. The summed E-state index contributed by atoms with van der Waals surface area (Å²) in [6, 6.07) is 6.74. The first-order valence-electron chi connectivity index (χ1n) is 8.89. The summed E-state index contributed by atoms with van der Waals surface area (Å²) in [5.74, 6) is 1.56. The minimum absolute atomic E-state index is 0.190. The van der Waals surface area contributed by atoms with Crippen molar-refractivity contribution in [1.29, 1.82) is 0 Å². The van der Waals surface area contributed by atoms with Gasteiger partial charge in [0, 0.05) is 22.9 Å². The molecule has 4 aromatic rings. The van der Waals surface area contributed by atoms with E-state index in [-0.39, 0.29) is 17.2 Å². The smallest absolute Gasteiger partial charge is 0.231 e. The largest absolute Gasteiger partial charge is 0.493 e. The maximum atomic E-state index is 13.5. The van der Waals surface area contributed by atoms with Crippen molar-refractivity contribution in [3.63, 3.8) is 0 Å². The van der Waals surface area contributed by atoms with E-state index < -0.39 is 0 Å². The van der Waals surface area contributed by atoms with Crippen molar-refractivity contribution < 1.29 is 23.7 Å². The van der Waals surface area contributed by atoms with Crippen LogP contribution in [-0.4, -0.2) is 54.2 Å². The molecular formula is C21H18N4O5. The summed E-state index contributed by atoms with van der Waals surface area (Å²) in [5, 5.41) is 1.04. The zero-order valence-corrected chi connectivity index (χ0v) is 16.8. The van der Waals surface area contributed by atoms with Gasteiger partial charge in [-0.3, -0.25) is 4.79 Å². The number of carbonyl (C=O) groups excluding carboxylic acids is 1. The van der Waals surface area contributed by atoms with Gasteiger partial charge in [-0.25, -0.2) is 19.9 Å². The molecule has 2 aromatic heterocycles. The number of nitrogens with zero attached hydrogens (tertiary/aromatic N) is 4. The molecule has 152 valence electrons. The van der Waals surface area contributed by atoms with Crippen molar-refractivity contribution in [2.75, 3.05) is 28.4 Å². The van der Waals surface area contributed by atoms with Crippen LogP contribution in [0.3, 0.4) is 0 Å². The van der Waals surface area contributed by atoms with Crippen LogP contribution in [0.2, 0.25) is 0 Å². The second-order valence-electron chi connectivity index (χ2n) is 6.22. The zero-order chi connectivity index (χ0) is 21.3. The third kappa shape index (κ3) is 3.10. The minimum atomic E-state index is -0.380. The molecule has 2 heterocycles. The molecule has 9 nitrogen and oxygen atoms in total. The topological polar surface area (TPSA) is 106 Å². The lowest BCUT2D eigenvalue weighted by Gasteiger charge is -2.12. The molecule has 0 N–H and O–H groups in total. The first kappa shape index (κ1) is 19.3. The Kier molecular flexibility index (Phi) is 5.01. The van der Waals surface area contributed by atoms with Crippen molar-refractivity contribution >= 4 is 27.6 Å². The number of ketones is 1. The number of hydrogen-bond acceptors (Lipinski definition) is 9. The van der Waals surface area contributed by atoms with Gasteiger partial charge in [0.05, 0.1) is 39.5 Å². The SMILES string of the molecule is COc1cc2ncnc(C(=O)c3ncnc4cc(OC)c(OC)cc34)c2cc1OC. The highest BCUT2D eigenvalue weighted by Crippen LogP contribution is 2.35. The van der Waals surface area contributed by atoms with Gasteiger partial charge in [-0.1, -0.05) is 0 Å². The van der Waals surface area contributed by atoms with E-state index in [1.165, 1.54) is 41.1 Å². The maximum absolute atomic E-state index is 13.5. The number of benzene rings is 2. The van der Waals surface area contributed by atoms with Crippen LogP contribution < -0.4 is 18.9 Å². The van der Waals surface area contributed by atoms with E-state index in [0.29, 0.717) is 44.8 Å². The maximum Gasteiger partial charge on any atom is 0.231 e. The highest BCUT2D eigenvalue weighted by molar-refractivity contribution is 6.18.